The number of nitrogens with one attached hydrogen (secondary N) is 1. The molecular formula is C30H46N4O3. The van der Waals surface area contributed by atoms with E-state index in [2.05, 4.69) is 38.2 Å². The molecule has 2 aromatic carbocycles. The topological polar surface area (TPSA) is 103 Å². The van der Waals surface area contributed by atoms with Crippen LogP contribution < -0.4 is 21.5 Å². The zero-order valence-corrected chi connectivity index (χ0v) is 23.4. The molecule has 1 unspecified atom stereocenters. The number of carbonyl (C=O) groups excluding carboxylic acids is 1. The van der Waals surface area contributed by atoms with Crippen LogP contribution in [0.1, 0.15) is 56.8 Å². The summed E-state index contributed by atoms with van der Waals surface area (Å²) in [6.45, 7) is 13.0. The van der Waals surface area contributed by atoms with Crippen molar-refractivity contribution in [3.8, 4) is 5.75 Å². The standard InChI is InChI=1S/C23H28N4O2.C5H12O.C2H6/c1-17-2-7-22(25)21(14-17)19-8-12-27(16-28)23(15-19)18-3-5-20(6-4-18)29-13-11-26-10-9-24;1-5(2)4-6-3;1-2/h2-7,9-10,14-16,23,26H,8,11-13,24-25H2,1H3;5H,4H2,1-3H3;1-2H3/b10-9-;;. The van der Waals surface area contributed by atoms with Gasteiger partial charge in [0, 0.05) is 50.5 Å². The van der Waals surface area contributed by atoms with Gasteiger partial charge in [0.15, 0.2) is 0 Å². The van der Waals surface area contributed by atoms with E-state index in [1.54, 1.807) is 13.3 Å². The lowest BCUT2D eigenvalue weighted by molar-refractivity contribution is -0.119. The molecule has 7 heteroatoms. The van der Waals surface area contributed by atoms with Crippen molar-refractivity contribution < 1.29 is 14.3 Å². The summed E-state index contributed by atoms with van der Waals surface area (Å²) in [6, 6.07) is 13.8. The molecule has 0 saturated carbocycles. The number of nitrogens with two attached hydrogens (primary N) is 2. The highest BCUT2D eigenvalue weighted by atomic mass is 16.5. The van der Waals surface area contributed by atoms with Crippen LogP contribution in [0.5, 0.6) is 5.75 Å². The molecule has 1 atom stereocenters. The maximum atomic E-state index is 11.6. The molecular weight excluding hydrogens is 464 g/mol. The van der Waals surface area contributed by atoms with Crippen LogP contribution in [0, 0.1) is 12.8 Å². The highest BCUT2D eigenvalue weighted by molar-refractivity contribution is 5.77. The van der Waals surface area contributed by atoms with Gasteiger partial charge in [-0.15, -0.1) is 0 Å². The van der Waals surface area contributed by atoms with Crippen molar-refractivity contribution in [2.24, 2.45) is 11.7 Å². The van der Waals surface area contributed by atoms with Gasteiger partial charge in [-0.05, 0) is 54.7 Å². The summed E-state index contributed by atoms with van der Waals surface area (Å²) in [7, 11) is 1.72. The largest absolute Gasteiger partial charge is 0.492 e. The van der Waals surface area contributed by atoms with E-state index in [1.165, 1.54) is 17.3 Å². The van der Waals surface area contributed by atoms with E-state index in [0.29, 0.717) is 25.6 Å². The molecule has 0 aromatic heterocycles. The highest BCUT2D eigenvalue weighted by Crippen LogP contribution is 2.35. The van der Waals surface area contributed by atoms with E-state index in [9.17, 15) is 4.79 Å². The van der Waals surface area contributed by atoms with E-state index in [4.69, 9.17) is 20.9 Å². The average Bonchev–Trinajstić information content (AvgIpc) is 2.91. The number of anilines is 1. The minimum atomic E-state index is -0.124. The molecule has 3 rings (SSSR count). The van der Waals surface area contributed by atoms with E-state index in [-0.39, 0.29) is 6.04 Å². The van der Waals surface area contributed by atoms with Crippen LogP contribution >= 0.6 is 0 Å². The third-order valence-electron chi connectivity index (χ3n) is 5.50. The van der Waals surface area contributed by atoms with Gasteiger partial charge in [0.05, 0.1) is 6.04 Å². The second kappa shape index (κ2) is 17.9. The minimum absolute atomic E-state index is 0.124. The van der Waals surface area contributed by atoms with Crippen LogP contribution in [0.25, 0.3) is 5.57 Å². The van der Waals surface area contributed by atoms with Crippen LogP contribution in [-0.2, 0) is 9.53 Å². The predicted molar refractivity (Wildman–Crippen MR) is 155 cm³/mol. The second-order valence-corrected chi connectivity index (χ2v) is 8.90. The molecule has 2 aromatic rings. The molecule has 1 aliphatic heterocycles. The number of hydrogen-bond acceptors (Lipinski definition) is 6. The van der Waals surface area contributed by atoms with Gasteiger partial charge in [-0.3, -0.25) is 4.79 Å². The van der Waals surface area contributed by atoms with Crippen molar-refractivity contribution in [1.82, 2.24) is 10.2 Å². The van der Waals surface area contributed by atoms with Crippen LogP contribution in [0.4, 0.5) is 5.69 Å². The van der Waals surface area contributed by atoms with Crippen molar-refractivity contribution in [2.45, 2.75) is 47.1 Å². The van der Waals surface area contributed by atoms with Gasteiger partial charge in [0.25, 0.3) is 0 Å². The van der Waals surface area contributed by atoms with Gasteiger partial charge < -0.3 is 31.2 Å². The fraction of sp³-hybridized carbons (Fsp3) is 0.433. The number of ether oxygens (including phenoxy) is 2. The average molecular weight is 511 g/mol. The number of aryl methyl sites for hydroxylation is 1. The Morgan fingerprint density at radius 1 is 1.16 bits per heavy atom. The first-order valence-corrected chi connectivity index (χ1v) is 13.0. The van der Waals surface area contributed by atoms with Crippen LogP contribution in [0.15, 0.2) is 60.9 Å². The van der Waals surface area contributed by atoms with Crippen LogP contribution in [0.3, 0.4) is 0 Å². The van der Waals surface area contributed by atoms with Gasteiger partial charge >= 0.3 is 0 Å². The number of nitrogens with zero attached hydrogens (tertiary/aromatic N) is 1. The molecule has 1 aliphatic rings. The molecule has 5 N–H and O–H groups in total. The molecule has 37 heavy (non-hydrogen) atoms. The van der Waals surface area contributed by atoms with E-state index >= 15 is 0 Å². The summed E-state index contributed by atoms with van der Waals surface area (Å²) < 4.78 is 10.5. The summed E-state index contributed by atoms with van der Waals surface area (Å²) >= 11 is 0. The number of rotatable bonds is 10. The molecule has 0 bridgehead atoms. The molecule has 0 spiro atoms. The SMILES string of the molecule is CC.COCC(C)C.Cc1ccc(N)c(C2=CC(c3ccc(OCCN/C=C\N)cc3)N(C=O)CC2)c1. The van der Waals surface area contributed by atoms with Crippen molar-refractivity contribution in [1.29, 1.82) is 0 Å². The number of benzene rings is 2. The Bertz CT molecular complexity index is 971. The Morgan fingerprint density at radius 3 is 2.43 bits per heavy atom. The minimum Gasteiger partial charge on any atom is -0.492 e. The summed E-state index contributed by atoms with van der Waals surface area (Å²) in [6.07, 6.45) is 6.97. The first-order valence-electron chi connectivity index (χ1n) is 13.0. The smallest absolute Gasteiger partial charge is 0.210 e. The number of carbonyl (C=O) groups is 1. The number of hydrogen-bond donors (Lipinski definition) is 3. The summed E-state index contributed by atoms with van der Waals surface area (Å²) in [5, 5.41) is 3.02. The third kappa shape index (κ3) is 11.0. The van der Waals surface area contributed by atoms with E-state index in [0.717, 1.165) is 42.0 Å². The lowest BCUT2D eigenvalue weighted by Gasteiger charge is -2.32. The van der Waals surface area contributed by atoms with Gasteiger partial charge in [-0.1, -0.05) is 57.5 Å². The zero-order chi connectivity index (χ0) is 27.6. The van der Waals surface area contributed by atoms with Crippen molar-refractivity contribution in [3.05, 3.63) is 77.6 Å². The number of nitrogen functional groups attached to an aromatic ring is 1. The monoisotopic (exact) mass is 510 g/mol. The Hall–Kier alpha value is -3.45. The predicted octanol–water partition coefficient (Wildman–Crippen LogP) is 5.28. The van der Waals surface area contributed by atoms with Gasteiger partial charge in [-0.25, -0.2) is 0 Å². The fourth-order valence-electron chi connectivity index (χ4n) is 3.81. The Morgan fingerprint density at radius 2 is 1.86 bits per heavy atom. The normalized spacial score (nSPS) is 14.7. The van der Waals surface area contributed by atoms with Crippen molar-refractivity contribution >= 4 is 17.7 Å². The van der Waals surface area contributed by atoms with Crippen molar-refractivity contribution in [2.75, 3.05) is 39.1 Å². The fourth-order valence-corrected chi connectivity index (χ4v) is 3.81. The first-order chi connectivity index (χ1) is 17.9. The molecule has 204 valence electrons. The maximum Gasteiger partial charge on any atom is 0.210 e. The molecule has 0 radical (unpaired) electrons. The van der Waals surface area contributed by atoms with Gasteiger partial charge in [-0.2, -0.15) is 0 Å². The summed E-state index contributed by atoms with van der Waals surface area (Å²) in [5.74, 6) is 1.46. The molecule has 1 amide bonds. The van der Waals surface area contributed by atoms with Gasteiger partial charge in [0.2, 0.25) is 6.41 Å². The Kier molecular flexibility index (Phi) is 15.3. The Labute approximate surface area is 223 Å². The molecule has 0 saturated heterocycles. The zero-order valence-electron chi connectivity index (χ0n) is 23.4. The summed E-state index contributed by atoms with van der Waals surface area (Å²) in [5.41, 5.74) is 16.7. The Balaban J connectivity index is 0.000000752. The van der Waals surface area contributed by atoms with Crippen molar-refractivity contribution in [3.63, 3.8) is 0 Å². The highest BCUT2D eigenvalue weighted by Gasteiger charge is 2.23. The first kappa shape index (κ1) is 31.6. The lowest BCUT2D eigenvalue weighted by atomic mass is 9.91. The molecule has 0 aliphatic carbocycles. The van der Waals surface area contributed by atoms with Gasteiger partial charge in [0.1, 0.15) is 12.4 Å². The molecule has 0 fully saturated rings. The summed E-state index contributed by atoms with van der Waals surface area (Å²) in [4.78, 5) is 13.4. The van der Waals surface area contributed by atoms with Crippen LogP contribution in [-0.4, -0.2) is 44.7 Å². The van der Waals surface area contributed by atoms with Crippen LogP contribution in [0.2, 0.25) is 0 Å². The number of amides is 1. The quantitative estimate of drug-likeness (QED) is 0.228. The molecule has 7 nitrogen and oxygen atoms in total. The van der Waals surface area contributed by atoms with E-state index in [1.807, 2.05) is 55.1 Å². The third-order valence-corrected chi connectivity index (χ3v) is 5.50. The molecule has 1 heterocycles. The lowest BCUT2D eigenvalue weighted by Crippen LogP contribution is -2.30. The maximum absolute atomic E-state index is 11.6. The number of methoxy groups -OCH3 is 1. The van der Waals surface area contributed by atoms with E-state index < -0.39 is 0 Å². The second-order valence-electron chi connectivity index (χ2n) is 8.90.